The minimum atomic E-state index is 0.00302. The van der Waals surface area contributed by atoms with Crippen molar-refractivity contribution >= 4 is 0 Å². The molecule has 1 saturated carbocycles. The lowest BCUT2D eigenvalue weighted by Gasteiger charge is -2.29. The van der Waals surface area contributed by atoms with E-state index in [1.807, 2.05) is 6.07 Å². The van der Waals surface area contributed by atoms with Gasteiger partial charge >= 0.3 is 0 Å². The van der Waals surface area contributed by atoms with Crippen molar-refractivity contribution in [3.05, 3.63) is 51.3 Å². The number of ether oxygens (including phenoxy) is 1. The highest BCUT2D eigenvalue weighted by atomic mass is 16.5. The summed E-state index contributed by atoms with van der Waals surface area (Å²) in [6.07, 6.45) is 8.91. The molecule has 0 unspecified atom stereocenters. The van der Waals surface area contributed by atoms with E-state index in [1.54, 1.807) is 6.20 Å². The normalized spacial score (nSPS) is 18.2. The molecule has 0 amide bonds. The molecular formula is C22H30N4O2. The van der Waals surface area contributed by atoms with Crippen LogP contribution in [-0.4, -0.2) is 32.5 Å². The molecule has 1 fully saturated rings. The third-order valence-corrected chi connectivity index (χ3v) is 5.79. The second-order valence-electron chi connectivity index (χ2n) is 8.34. The Hall–Kier alpha value is -2.21. The van der Waals surface area contributed by atoms with Gasteiger partial charge in [-0.25, -0.2) is 9.97 Å². The minimum absolute atomic E-state index is 0.00302. The van der Waals surface area contributed by atoms with Crippen molar-refractivity contribution in [2.45, 2.75) is 77.5 Å². The van der Waals surface area contributed by atoms with Gasteiger partial charge in [0.25, 0.3) is 5.56 Å². The summed E-state index contributed by atoms with van der Waals surface area (Å²) >= 11 is 0. The van der Waals surface area contributed by atoms with Crippen LogP contribution in [0.25, 0.3) is 0 Å². The molecule has 6 nitrogen and oxygen atoms in total. The van der Waals surface area contributed by atoms with Crippen LogP contribution in [0, 0.1) is 0 Å². The highest BCUT2D eigenvalue weighted by molar-refractivity contribution is 5.27. The maximum absolute atomic E-state index is 12.6. The average molecular weight is 383 g/mol. The van der Waals surface area contributed by atoms with Gasteiger partial charge in [0.15, 0.2) is 0 Å². The first-order chi connectivity index (χ1) is 13.6. The number of nitrogens with one attached hydrogen (secondary N) is 1. The van der Waals surface area contributed by atoms with Crippen LogP contribution in [0.2, 0.25) is 0 Å². The Bertz CT molecular complexity index is 871. The second kappa shape index (κ2) is 8.43. The highest BCUT2D eigenvalue weighted by Gasteiger charge is 2.23. The summed E-state index contributed by atoms with van der Waals surface area (Å²) in [6, 6.07) is 4.05. The zero-order chi connectivity index (χ0) is 19.5. The molecule has 3 heterocycles. The molecule has 0 radical (unpaired) electrons. The first-order valence-corrected chi connectivity index (χ1v) is 10.5. The van der Waals surface area contributed by atoms with Gasteiger partial charge in [0.2, 0.25) is 5.88 Å². The number of aromatic amines is 1. The smallest absolute Gasteiger partial charge is 0.255 e. The van der Waals surface area contributed by atoms with Crippen molar-refractivity contribution < 1.29 is 4.74 Å². The number of fused-ring (bicyclic) bond motifs is 1. The summed E-state index contributed by atoms with van der Waals surface area (Å²) in [7, 11) is 0. The highest BCUT2D eigenvalue weighted by Crippen LogP contribution is 2.26. The standard InChI is InChI=1S/C22H30N4O2/c1-15(2)20-24-19-10-12-26(14-18(19)21(27)25-20)13-16-7-6-11-23-22(16)28-17-8-4-3-5-9-17/h6-7,11,15,17H,3-5,8-10,12-14H2,1-2H3,(H,24,25,27). The number of nitrogens with zero attached hydrogens (tertiary/aromatic N) is 3. The minimum Gasteiger partial charge on any atom is -0.474 e. The molecule has 150 valence electrons. The topological polar surface area (TPSA) is 71.1 Å². The van der Waals surface area contributed by atoms with E-state index < -0.39 is 0 Å². The van der Waals surface area contributed by atoms with Crippen LogP contribution in [-0.2, 0) is 19.5 Å². The molecule has 28 heavy (non-hydrogen) atoms. The Labute approximate surface area is 166 Å². The summed E-state index contributed by atoms with van der Waals surface area (Å²) in [6.45, 7) is 6.35. The lowest BCUT2D eigenvalue weighted by molar-refractivity contribution is 0.143. The average Bonchev–Trinajstić information content (AvgIpc) is 2.70. The Kier molecular flexibility index (Phi) is 5.76. The summed E-state index contributed by atoms with van der Waals surface area (Å²) in [4.78, 5) is 27.0. The number of aromatic nitrogens is 3. The number of rotatable bonds is 5. The summed E-state index contributed by atoms with van der Waals surface area (Å²) in [5.41, 5.74) is 2.85. The predicted octanol–water partition coefficient (Wildman–Crippen LogP) is 3.56. The van der Waals surface area contributed by atoms with Crippen molar-refractivity contribution in [3.8, 4) is 5.88 Å². The van der Waals surface area contributed by atoms with Crippen molar-refractivity contribution in [2.24, 2.45) is 0 Å². The summed E-state index contributed by atoms with van der Waals surface area (Å²) in [5, 5.41) is 0. The Morgan fingerprint density at radius 1 is 1.29 bits per heavy atom. The molecule has 1 N–H and O–H groups in total. The van der Waals surface area contributed by atoms with Crippen LogP contribution >= 0.6 is 0 Å². The van der Waals surface area contributed by atoms with Crippen LogP contribution in [0.3, 0.4) is 0 Å². The van der Waals surface area contributed by atoms with Gasteiger partial charge in [-0.1, -0.05) is 26.3 Å². The van der Waals surface area contributed by atoms with Gasteiger partial charge in [0, 0.05) is 43.7 Å². The Balaban J connectivity index is 1.48. The van der Waals surface area contributed by atoms with Crippen molar-refractivity contribution in [1.82, 2.24) is 19.9 Å². The predicted molar refractivity (Wildman–Crippen MR) is 109 cm³/mol. The number of hydrogen-bond acceptors (Lipinski definition) is 5. The monoisotopic (exact) mass is 382 g/mol. The van der Waals surface area contributed by atoms with Gasteiger partial charge in [0.1, 0.15) is 11.9 Å². The number of H-pyrrole nitrogens is 1. The molecule has 1 aliphatic carbocycles. The van der Waals surface area contributed by atoms with E-state index in [1.165, 1.54) is 19.3 Å². The Morgan fingerprint density at radius 2 is 2.11 bits per heavy atom. The fraction of sp³-hybridized carbons (Fsp3) is 0.591. The molecule has 0 aromatic carbocycles. The van der Waals surface area contributed by atoms with Crippen LogP contribution in [0.1, 0.15) is 74.5 Å². The molecule has 0 spiro atoms. The SMILES string of the molecule is CC(C)c1nc2c(c(=O)[nH]1)CN(Cc1cccnc1OC1CCCCC1)CC2. The molecule has 1 aliphatic heterocycles. The van der Waals surface area contributed by atoms with E-state index >= 15 is 0 Å². The lowest BCUT2D eigenvalue weighted by atomic mass is 9.98. The van der Waals surface area contributed by atoms with Gasteiger partial charge in [-0.05, 0) is 31.7 Å². The second-order valence-corrected chi connectivity index (χ2v) is 8.34. The van der Waals surface area contributed by atoms with E-state index in [-0.39, 0.29) is 17.6 Å². The Morgan fingerprint density at radius 3 is 2.89 bits per heavy atom. The van der Waals surface area contributed by atoms with Crippen molar-refractivity contribution in [1.29, 1.82) is 0 Å². The van der Waals surface area contributed by atoms with Gasteiger partial charge in [-0.3, -0.25) is 9.69 Å². The summed E-state index contributed by atoms with van der Waals surface area (Å²) < 4.78 is 6.25. The van der Waals surface area contributed by atoms with Crippen molar-refractivity contribution in [3.63, 3.8) is 0 Å². The maximum atomic E-state index is 12.6. The van der Waals surface area contributed by atoms with Crippen LogP contribution < -0.4 is 10.3 Å². The van der Waals surface area contributed by atoms with Crippen molar-refractivity contribution in [2.75, 3.05) is 6.54 Å². The lowest BCUT2D eigenvalue weighted by Crippen LogP contribution is -2.36. The maximum Gasteiger partial charge on any atom is 0.255 e. The van der Waals surface area contributed by atoms with Gasteiger partial charge < -0.3 is 9.72 Å². The van der Waals surface area contributed by atoms with E-state index in [0.29, 0.717) is 6.54 Å². The van der Waals surface area contributed by atoms with Gasteiger partial charge in [0.05, 0.1) is 11.3 Å². The molecule has 2 aromatic heterocycles. The molecule has 2 aliphatic rings. The van der Waals surface area contributed by atoms with E-state index in [9.17, 15) is 4.79 Å². The molecule has 2 aromatic rings. The zero-order valence-electron chi connectivity index (χ0n) is 16.9. The number of pyridine rings is 1. The molecule has 4 rings (SSSR count). The first kappa shape index (κ1) is 19.1. The van der Waals surface area contributed by atoms with Gasteiger partial charge in [-0.15, -0.1) is 0 Å². The van der Waals surface area contributed by atoms with Crippen LogP contribution in [0.5, 0.6) is 5.88 Å². The van der Waals surface area contributed by atoms with E-state index in [2.05, 4.69) is 34.8 Å². The van der Waals surface area contributed by atoms with Crippen LogP contribution in [0.4, 0.5) is 0 Å². The van der Waals surface area contributed by atoms with E-state index in [0.717, 1.165) is 60.9 Å². The van der Waals surface area contributed by atoms with Crippen LogP contribution in [0.15, 0.2) is 23.1 Å². The largest absolute Gasteiger partial charge is 0.474 e. The van der Waals surface area contributed by atoms with Gasteiger partial charge in [-0.2, -0.15) is 0 Å². The molecule has 6 heteroatoms. The third kappa shape index (κ3) is 4.27. The third-order valence-electron chi connectivity index (χ3n) is 5.79. The molecule has 0 bridgehead atoms. The fourth-order valence-corrected chi connectivity index (χ4v) is 4.14. The molecular weight excluding hydrogens is 352 g/mol. The summed E-state index contributed by atoms with van der Waals surface area (Å²) in [5.74, 6) is 1.76. The first-order valence-electron chi connectivity index (χ1n) is 10.5. The number of hydrogen-bond donors (Lipinski definition) is 1. The molecule has 0 atom stereocenters. The quantitative estimate of drug-likeness (QED) is 0.856. The fourth-order valence-electron chi connectivity index (χ4n) is 4.14. The zero-order valence-corrected chi connectivity index (χ0v) is 16.9. The molecule has 0 saturated heterocycles. The van der Waals surface area contributed by atoms with E-state index in [4.69, 9.17) is 9.72 Å².